The molecule has 1 aliphatic heterocycles. The summed E-state index contributed by atoms with van der Waals surface area (Å²) in [6, 6.07) is 9.49. The van der Waals surface area contributed by atoms with E-state index in [1.54, 1.807) is 4.57 Å². The number of aromatic nitrogens is 2. The van der Waals surface area contributed by atoms with E-state index in [1.807, 2.05) is 30.5 Å². The van der Waals surface area contributed by atoms with Gasteiger partial charge in [0.25, 0.3) is 5.56 Å². The average Bonchev–Trinajstić information content (AvgIpc) is 3.27. The fourth-order valence-electron chi connectivity index (χ4n) is 6.23. The molecule has 0 spiro atoms. The first-order valence-corrected chi connectivity index (χ1v) is 13.5. The number of piperidine rings is 1. The van der Waals surface area contributed by atoms with Gasteiger partial charge in [0.15, 0.2) is 0 Å². The van der Waals surface area contributed by atoms with Crippen LogP contribution in [0.4, 0.5) is 8.78 Å². The van der Waals surface area contributed by atoms with Crippen molar-refractivity contribution in [1.29, 1.82) is 0 Å². The zero-order valence-electron chi connectivity index (χ0n) is 22.2. The number of hydrogen-bond donors (Lipinski definition) is 3. The summed E-state index contributed by atoms with van der Waals surface area (Å²) >= 11 is 0. The third-order valence-electron chi connectivity index (χ3n) is 8.04. The second-order valence-electron chi connectivity index (χ2n) is 11.4. The van der Waals surface area contributed by atoms with Gasteiger partial charge in [-0.3, -0.25) is 14.3 Å². The third-order valence-corrected chi connectivity index (χ3v) is 8.04. The Hall–Kier alpha value is -3.17. The minimum absolute atomic E-state index is 0.147. The number of nitrogens with zero attached hydrogens (tertiary/aromatic N) is 3. The molecule has 9 heteroatoms. The van der Waals surface area contributed by atoms with E-state index in [9.17, 15) is 13.6 Å². The molecule has 0 unspecified atom stereocenters. The second kappa shape index (κ2) is 10.2. The molecular formula is C29H38F2N6O. The lowest BCUT2D eigenvalue weighted by Gasteiger charge is -2.49. The molecule has 1 aliphatic carbocycles. The molecule has 0 amide bonds. The fourth-order valence-corrected chi connectivity index (χ4v) is 6.23. The Morgan fingerprint density at radius 3 is 2.55 bits per heavy atom. The Kier molecular flexibility index (Phi) is 7.09. The van der Waals surface area contributed by atoms with Gasteiger partial charge in [0.2, 0.25) is 5.92 Å². The predicted molar refractivity (Wildman–Crippen MR) is 147 cm³/mol. The lowest BCUT2D eigenvalue weighted by Crippen LogP contribution is -2.55. The van der Waals surface area contributed by atoms with Gasteiger partial charge in [0.05, 0.1) is 0 Å². The molecule has 5 N–H and O–H groups in total. The first kappa shape index (κ1) is 26.4. The number of aromatic amines is 1. The lowest BCUT2D eigenvalue weighted by atomic mass is 9.62. The lowest BCUT2D eigenvalue weighted by molar-refractivity contribution is -0.131. The molecule has 0 radical (unpaired) electrons. The molecule has 3 aromatic rings. The number of halogens is 2. The summed E-state index contributed by atoms with van der Waals surface area (Å²) in [6.45, 7) is 7.37. The summed E-state index contributed by atoms with van der Waals surface area (Å²) in [5.41, 5.74) is 8.55. The summed E-state index contributed by atoms with van der Waals surface area (Å²) in [7, 11) is 0. The van der Waals surface area contributed by atoms with Gasteiger partial charge in [0.1, 0.15) is 5.52 Å². The minimum atomic E-state index is -2.75. The van der Waals surface area contributed by atoms with Gasteiger partial charge in [0, 0.05) is 66.7 Å². The van der Waals surface area contributed by atoms with E-state index in [4.69, 9.17) is 11.6 Å². The van der Waals surface area contributed by atoms with Crippen molar-refractivity contribution in [2.45, 2.75) is 69.8 Å². The van der Waals surface area contributed by atoms with Gasteiger partial charge in [-0.25, -0.2) is 14.6 Å². The summed E-state index contributed by atoms with van der Waals surface area (Å²) in [5.74, 6) is 3.46. The highest BCUT2D eigenvalue weighted by molar-refractivity contribution is 5.84. The van der Waals surface area contributed by atoms with E-state index in [2.05, 4.69) is 29.8 Å². The van der Waals surface area contributed by atoms with Gasteiger partial charge >= 0.3 is 0 Å². The molecule has 7 nitrogen and oxygen atoms in total. The number of pyridine rings is 1. The van der Waals surface area contributed by atoms with Crippen LogP contribution in [0, 0.1) is 0 Å². The number of fused-ring (bicyclic) bond motifs is 1. The van der Waals surface area contributed by atoms with Crippen LogP contribution in [0.1, 0.15) is 68.7 Å². The summed E-state index contributed by atoms with van der Waals surface area (Å²) < 4.78 is 30.0. The van der Waals surface area contributed by atoms with Crippen LogP contribution >= 0.6 is 0 Å². The maximum Gasteiger partial charge on any atom is 0.279 e. The average molecular weight is 525 g/mol. The number of H-pyrrole nitrogens is 1. The molecule has 1 aromatic carbocycles. The van der Waals surface area contributed by atoms with Crippen molar-refractivity contribution >= 4 is 10.9 Å². The molecule has 2 aromatic heterocycles. The number of nitrogens with one attached hydrogen (secondary N) is 1. The van der Waals surface area contributed by atoms with Crippen LogP contribution in [0.3, 0.4) is 0 Å². The molecule has 0 atom stereocenters. The minimum Gasteiger partial charge on any atom is -0.403 e. The van der Waals surface area contributed by atoms with Crippen LogP contribution < -0.4 is 17.1 Å². The number of alkyl halides is 2. The van der Waals surface area contributed by atoms with E-state index in [0.29, 0.717) is 11.2 Å². The molecule has 3 heterocycles. The predicted octanol–water partition coefficient (Wildman–Crippen LogP) is 4.70. The topological polar surface area (TPSA) is 96.3 Å². The highest BCUT2D eigenvalue weighted by atomic mass is 19.3. The van der Waals surface area contributed by atoms with Crippen molar-refractivity contribution in [3.63, 3.8) is 0 Å². The Labute approximate surface area is 222 Å². The maximum absolute atomic E-state index is 14.2. The molecule has 5 rings (SSSR count). The Morgan fingerprint density at radius 1 is 1.16 bits per heavy atom. The number of hydrazine groups is 1. The Bertz CT molecular complexity index is 1380. The van der Waals surface area contributed by atoms with Crippen LogP contribution in [-0.4, -0.2) is 45.0 Å². The van der Waals surface area contributed by atoms with Crippen LogP contribution in [0.2, 0.25) is 0 Å². The van der Waals surface area contributed by atoms with Crippen molar-refractivity contribution in [1.82, 2.24) is 19.5 Å². The largest absolute Gasteiger partial charge is 0.403 e. The zero-order chi connectivity index (χ0) is 27.1. The van der Waals surface area contributed by atoms with E-state index in [-0.39, 0.29) is 30.9 Å². The maximum atomic E-state index is 14.2. The number of hydrogen-bond acceptors (Lipinski definition) is 5. The van der Waals surface area contributed by atoms with Crippen LogP contribution in [0.25, 0.3) is 16.6 Å². The van der Waals surface area contributed by atoms with Crippen molar-refractivity contribution in [2.24, 2.45) is 11.6 Å². The number of nitrogens with two attached hydrogens (primary N) is 2. The monoisotopic (exact) mass is 524 g/mol. The molecule has 0 bridgehead atoms. The summed E-state index contributed by atoms with van der Waals surface area (Å²) in [5, 5.41) is 2.30. The Balaban J connectivity index is 1.55. The van der Waals surface area contributed by atoms with E-state index >= 15 is 0 Å². The Morgan fingerprint density at radius 2 is 1.89 bits per heavy atom. The number of rotatable bonds is 8. The quantitative estimate of drug-likeness (QED) is 0.293. The highest BCUT2D eigenvalue weighted by Gasteiger charge is 2.57. The van der Waals surface area contributed by atoms with E-state index < -0.39 is 11.3 Å². The second-order valence-corrected chi connectivity index (χ2v) is 11.4. The molecular weight excluding hydrogens is 486 g/mol. The van der Waals surface area contributed by atoms with Crippen molar-refractivity contribution in [3.8, 4) is 5.69 Å². The van der Waals surface area contributed by atoms with Crippen molar-refractivity contribution in [3.05, 3.63) is 76.1 Å². The number of benzene rings is 1. The smallest absolute Gasteiger partial charge is 0.279 e. The van der Waals surface area contributed by atoms with E-state index in [1.165, 1.54) is 36.7 Å². The van der Waals surface area contributed by atoms with Gasteiger partial charge in [-0.05, 0) is 61.2 Å². The van der Waals surface area contributed by atoms with Gasteiger partial charge in [-0.15, -0.1) is 0 Å². The van der Waals surface area contributed by atoms with Crippen LogP contribution in [0.5, 0.6) is 0 Å². The van der Waals surface area contributed by atoms with Crippen molar-refractivity contribution in [2.75, 3.05) is 19.6 Å². The van der Waals surface area contributed by atoms with Gasteiger partial charge in [-0.1, -0.05) is 32.4 Å². The van der Waals surface area contributed by atoms with Crippen LogP contribution in [0.15, 0.2) is 53.7 Å². The normalized spacial score (nSPS) is 19.3. The van der Waals surface area contributed by atoms with Gasteiger partial charge in [-0.2, -0.15) is 0 Å². The van der Waals surface area contributed by atoms with Gasteiger partial charge < -0.3 is 15.7 Å². The fraction of sp³-hybridized carbons (Fsp3) is 0.483. The molecule has 1 saturated carbocycles. The summed E-state index contributed by atoms with van der Waals surface area (Å²) in [6.07, 6.45) is 7.74. The first-order chi connectivity index (χ1) is 18.1. The van der Waals surface area contributed by atoms with E-state index in [0.717, 1.165) is 41.8 Å². The van der Waals surface area contributed by atoms with Crippen LogP contribution in [-0.2, 0) is 12.0 Å². The first-order valence-electron chi connectivity index (χ1n) is 13.5. The molecule has 1 saturated heterocycles. The highest BCUT2D eigenvalue weighted by Crippen LogP contribution is 2.53. The SMILES string of the molecule is CC(C)c1cn(-c2cccc(C3(CN(N)/C=C\N)CC(F)(F)C3)c2)c(=O)c2[nH]c(CN3CCCCC3)cc12. The molecule has 2 fully saturated rings. The molecule has 2 aliphatic rings. The number of likely N-dealkylation sites (tertiary alicyclic amines) is 1. The summed E-state index contributed by atoms with van der Waals surface area (Å²) in [4.78, 5) is 19.6. The third kappa shape index (κ3) is 5.09. The molecule has 204 valence electrons. The zero-order valence-corrected chi connectivity index (χ0v) is 22.2. The van der Waals surface area contributed by atoms with Crippen molar-refractivity contribution < 1.29 is 8.78 Å². The standard InChI is InChI=1S/C29H38F2N6O/c1-20(2)25-16-37(27(38)26-24(25)14-22(34-26)15-35-10-4-3-5-11-35)23-8-6-7-21(13-23)28(17-29(30,31)18-28)19-36(33)12-9-32/h6-9,12-14,16,20,34H,3-5,10-11,15,17-19,32-33H2,1-2H3/b12-9-. The molecule has 38 heavy (non-hydrogen) atoms.